The minimum Gasteiger partial charge on any atom is -0.497 e. The summed E-state index contributed by atoms with van der Waals surface area (Å²) in [7, 11) is 1.50. The van der Waals surface area contributed by atoms with Gasteiger partial charge in [-0.3, -0.25) is 29.3 Å². The highest BCUT2D eigenvalue weighted by Crippen LogP contribution is 2.61. The zero-order valence-electron chi connectivity index (χ0n) is 24.3. The summed E-state index contributed by atoms with van der Waals surface area (Å²) in [5.74, 6) is -4.26. The smallest absolute Gasteiger partial charge is 0.273 e. The molecule has 0 radical (unpaired) electrons. The summed E-state index contributed by atoms with van der Waals surface area (Å²) in [5, 5.41) is 13.1. The molecule has 0 aromatic heterocycles. The van der Waals surface area contributed by atoms with Crippen LogP contribution in [0.15, 0.2) is 97.1 Å². The number of nitro benzene ring substituents is 1. The largest absolute Gasteiger partial charge is 0.497 e. The highest BCUT2D eigenvalue weighted by molar-refractivity contribution is 6.11. The van der Waals surface area contributed by atoms with Gasteiger partial charge in [0.1, 0.15) is 11.8 Å². The fourth-order valence-corrected chi connectivity index (χ4v) is 7.28. The molecule has 0 spiro atoms. The summed E-state index contributed by atoms with van der Waals surface area (Å²) >= 11 is 0. The van der Waals surface area contributed by atoms with E-state index < -0.39 is 58.1 Å². The van der Waals surface area contributed by atoms with Gasteiger partial charge in [0.2, 0.25) is 0 Å². The highest BCUT2D eigenvalue weighted by Gasteiger charge is 2.63. The number of Topliss-reactive ketones (excluding diaryl/α,β-unsaturated/α-hetero) is 1. The van der Waals surface area contributed by atoms with E-state index in [4.69, 9.17) is 4.74 Å². The monoisotopic (exact) mass is 601 g/mol. The highest BCUT2D eigenvalue weighted by atomic mass is 16.6. The molecule has 3 aliphatic carbocycles. The van der Waals surface area contributed by atoms with Crippen LogP contribution in [0.2, 0.25) is 0 Å². The lowest BCUT2D eigenvalue weighted by Gasteiger charge is -2.45. The molecule has 224 valence electrons. The number of nitrogens with zero attached hydrogens (tertiary/aromatic N) is 3. The zero-order valence-corrected chi connectivity index (χ0v) is 24.3. The molecular weight excluding hydrogens is 574 g/mol. The standard InChI is InChI=1S/C35H27N3O7/c1-19(32(39)20-13-17-23(45-2)18-14-20)36(33(40)21-11-15-22(16-12-21)38(43)44)37-34(41)30-28-24-7-3-4-8-25(24)29(31(30)35(37)42)27-10-6-5-9-26(27)28/h3-19,28-31H,1-2H3/t19-,28?,29?,30-,31+/m0/s1. The first-order valence-electron chi connectivity index (χ1n) is 14.5. The summed E-state index contributed by atoms with van der Waals surface area (Å²) in [6.07, 6.45) is 0. The molecule has 10 nitrogen and oxygen atoms in total. The van der Waals surface area contributed by atoms with Crippen LogP contribution in [0.1, 0.15) is 61.7 Å². The number of ketones is 1. The molecule has 4 aromatic carbocycles. The second-order valence-electron chi connectivity index (χ2n) is 11.5. The Bertz CT molecular complexity index is 1790. The van der Waals surface area contributed by atoms with Crippen molar-refractivity contribution in [1.82, 2.24) is 10.0 Å². The fraction of sp³-hybridized carbons (Fsp3) is 0.200. The molecule has 1 aliphatic heterocycles. The Labute approximate surface area is 258 Å². The SMILES string of the molecule is COc1ccc(C(=O)[C@H](C)N(C(=O)c2ccc([N+](=O)[O-])cc2)N2C(=O)[C@@H]3C4c5ccccc5C(c5ccccc54)[C@@H]3C2=O)cc1. The van der Waals surface area contributed by atoms with E-state index in [1.165, 1.54) is 38.3 Å². The Kier molecular flexibility index (Phi) is 6.58. The lowest BCUT2D eigenvalue weighted by Crippen LogP contribution is -2.56. The molecule has 45 heavy (non-hydrogen) atoms. The van der Waals surface area contributed by atoms with Crippen LogP contribution in [-0.2, 0) is 9.59 Å². The molecule has 1 fully saturated rings. The quantitative estimate of drug-likeness (QED) is 0.124. The molecule has 1 saturated heterocycles. The summed E-state index contributed by atoms with van der Waals surface area (Å²) < 4.78 is 5.20. The second-order valence-corrected chi connectivity index (χ2v) is 11.5. The number of imide groups is 1. The first-order chi connectivity index (χ1) is 21.7. The number of hydrogen-bond donors (Lipinski definition) is 0. The summed E-state index contributed by atoms with van der Waals surface area (Å²) in [6, 6.07) is 25.5. The maximum absolute atomic E-state index is 14.5. The van der Waals surface area contributed by atoms with Crippen molar-refractivity contribution in [1.29, 1.82) is 0 Å². The van der Waals surface area contributed by atoms with Crippen molar-refractivity contribution in [2.75, 3.05) is 7.11 Å². The first kappa shape index (κ1) is 28.1. The van der Waals surface area contributed by atoms with Gasteiger partial charge in [0.25, 0.3) is 23.4 Å². The third-order valence-corrected chi connectivity index (χ3v) is 9.29. The minimum atomic E-state index is -1.28. The number of nitro groups is 1. The Hall–Kier alpha value is -5.64. The number of rotatable bonds is 7. The van der Waals surface area contributed by atoms with Crippen LogP contribution in [0.3, 0.4) is 0 Å². The topological polar surface area (TPSA) is 127 Å². The zero-order chi connectivity index (χ0) is 31.6. The van der Waals surface area contributed by atoms with Gasteiger partial charge in [0.05, 0.1) is 23.9 Å². The van der Waals surface area contributed by atoms with Gasteiger partial charge in [-0.05, 0) is 65.6 Å². The van der Waals surface area contributed by atoms with E-state index in [0.717, 1.165) is 32.3 Å². The van der Waals surface area contributed by atoms with Crippen molar-refractivity contribution in [2.24, 2.45) is 11.8 Å². The van der Waals surface area contributed by atoms with Gasteiger partial charge in [-0.15, -0.1) is 0 Å². The molecule has 4 aromatic rings. The number of methoxy groups -OCH3 is 1. The van der Waals surface area contributed by atoms with Gasteiger partial charge in [-0.25, -0.2) is 5.01 Å². The number of benzene rings is 4. The van der Waals surface area contributed by atoms with Gasteiger partial charge in [-0.1, -0.05) is 48.5 Å². The molecule has 1 heterocycles. The van der Waals surface area contributed by atoms with Crippen molar-refractivity contribution in [3.05, 3.63) is 141 Å². The van der Waals surface area contributed by atoms with E-state index in [1.807, 2.05) is 48.5 Å². The van der Waals surface area contributed by atoms with E-state index in [-0.39, 0.29) is 16.8 Å². The summed E-state index contributed by atoms with van der Waals surface area (Å²) in [4.78, 5) is 67.8. The lowest BCUT2D eigenvalue weighted by molar-refractivity contribution is -0.384. The average molecular weight is 602 g/mol. The van der Waals surface area contributed by atoms with Crippen molar-refractivity contribution < 1.29 is 28.8 Å². The predicted molar refractivity (Wildman–Crippen MR) is 161 cm³/mol. The van der Waals surface area contributed by atoms with Crippen molar-refractivity contribution >= 4 is 29.2 Å². The Morgan fingerprint density at radius 3 is 1.62 bits per heavy atom. The van der Waals surface area contributed by atoms with Gasteiger partial charge < -0.3 is 4.74 Å². The van der Waals surface area contributed by atoms with E-state index in [0.29, 0.717) is 5.75 Å². The molecule has 0 unspecified atom stereocenters. The first-order valence-corrected chi connectivity index (χ1v) is 14.5. The van der Waals surface area contributed by atoms with Crippen LogP contribution < -0.4 is 4.74 Å². The fourth-order valence-electron chi connectivity index (χ4n) is 7.28. The number of carbonyl (C=O) groups is 4. The third kappa shape index (κ3) is 4.16. The van der Waals surface area contributed by atoms with Crippen LogP contribution >= 0.6 is 0 Å². The van der Waals surface area contributed by atoms with Crippen LogP contribution in [0.5, 0.6) is 5.75 Å². The number of ether oxygens (including phenoxy) is 1. The number of non-ortho nitro benzene ring substituents is 1. The lowest BCUT2D eigenvalue weighted by atomic mass is 9.55. The molecule has 10 heteroatoms. The normalized spacial score (nSPS) is 21.4. The molecule has 3 amide bonds. The van der Waals surface area contributed by atoms with E-state index in [9.17, 15) is 29.3 Å². The Morgan fingerprint density at radius 1 is 0.756 bits per heavy atom. The van der Waals surface area contributed by atoms with Gasteiger partial charge in [0, 0.05) is 35.1 Å². The molecule has 0 N–H and O–H groups in total. The Balaban J connectivity index is 1.34. The number of carbonyl (C=O) groups excluding carboxylic acids is 4. The van der Waals surface area contributed by atoms with Gasteiger partial charge in [0.15, 0.2) is 5.78 Å². The second kappa shape index (κ2) is 10.5. The van der Waals surface area contributed by atoms with Gasteiger partial charge in [-0.2, -0.15) is 5.01 Å². The molecule has 3 atom stereocenters. The van der Waals surface area contributed by atoms with Crippen LogP contribution in [-0.4, -0.2) is 51.6 Å². The van der Waals surface area contributed by atoms with Crippen LogP contribution in [0, 0.1) is 22.0 Å². The maximum atomic E-state index is 14.5. The number of amides is 3. The van der Waals surface area contributed by atoms with Gasteiger partial charge >= 0.3 is 0 Å². The van der Waals surface area contributed by atoms with Crippen LogP contribution in [0.25, 0.3) is 0 Å². The maximum Gasteiger partial charge on any atom is 0.273 e. The average Bonchev–Trinajstić information content (AvgIpc) is 3.34. The van der Waals surface area contributed by atoms with E-state index in [2.05, 4.69) is 0 Å². The molecule has 8 rings (SSSR count). The minimum absolute atomic E-state index is 0.0139. The van der Waals surface area contributed by atoms with E-state index >= 15 is 0 Å². The molecule has 0 saturated carbocycles. The molecule has 2 bridgehead atoms. The third-order valence-electron chi connectivity index (χ3n) is 9.29. The van der Waals surface area contributed by atoms with Crippen molar-refractivity contribution in [3.63, 3.8) is 0 Å². The molecule has 4 aliphatic rings. The number of hydrogen-bond acceptors (Lipinski definition) is 7. The van der Waals surface area contributed by atoms with Crippen molar-refractivity contribution in [2.45, 2.75) is 24.8 Å². The Morgan fingerprint density at radius 2 is 1.20 bits per heavy atom. The van der Waals surface area contributed by atoms with Crippen LogP contribution in [0.4, 0.5) is 5.69 Å². The summed E-state index contributed by atoms with van der Waals surface area (Å²) in [6.45, 7) is 1.47. The number of hydrazine groups is 1. The van der Waals surface area contributed by atoms with E-state index in [1.54, 1.807) is 24.3 Å². The molecular formula is C35H27N3O7. The van der Waals surface area contributed by atoms with Crippen molar-refractivity contribution in [3.8, 4) is 5.75 Å². The predicted octanol–water partition coefficient (Wildman–Crippen LogP) is 5.12. The summed E-state index contributed by atoms with van der Waals surface area (Å²) in [5.41, 5.74) is 3.90.